The van der Waals surface area contributed by atoms with Crippen LogP contribution in [0.2, 0.25) is 0 Å². The largest absolute Gasteiger partial charge is 0.338 e. The first-order valence-electron chi connectivity index (χ1n) is 6.76. The Labute approximate surface area is 118 Å². The van der Waals surface area contributed by atoms with Crippen LogP contribution in [-0.2, 0) is 19.9 Å². The zero-order valence-electron chi connectivity index (χ0n) is 11.8. The summed E-state index contributed by atoms with van der Waals surface area (Å²) >= 11 is 1.50. The van der Waals surface area contributed by atoms with Crippen LogP contribution in [0, 0.1) is 0 Å². The molecular weight excluding hydrogens is 258 g/mol. The van der Waals surface area contributed by atoms with Crippen LogP contribution in [0.15, 0.2) is 12.4 Å². The summed E-state index contributed by atoms with van der Waals surface area (Å²) in [4.78, 5) is 5.66. The van der Waals surface area contributed by atoms with Gasteiger partial charge in [-0.3, -0.25) is 0 Å². The average Bonchev–Trinajstić information content (AvgIpc) is 3.03. The molecule has 0 aliphatic carbocycles. The van der Waals surface area contributed by atoms with Crippen molar-refractivity contribution < 1.29 is 0 Å². The fourth-order valence-electron chi connectivity index (χ4n) is 2.08. The van der Waals surface area contributed by atoms with Gasteiger partial charge in [-0.1, -0.05) is 18.3 Å². The molecule has 0 spiro atoms. The SMILES string of the molecule is CCCNC(Cc1nccn1C)c1snnc1CC. The van der Waals surface area contributed by atoms with Crippen LogP contribution in [0.5, 0.6) is 0 Å². The zero-order valence-corrected chi connectivity index (χ0v) is 12.6. The van der Waals surface area contributed by atoms with Gasteiger partial charge in [-0.25, -0.2) is 4.98 Å². The molecule has 2 aromatic heterocycles. The van der Waals surface area contributed by atoms with Gasteiger partial charge in [-0.2, -0.15) is 0 Å². The van der Waals surface area contributed by atoms with Gasteiger partial charge >= 0.3 is 0 Å². The van der Waals surface area contributed by atoms with E-state index in [1.54, 1.807) is 0 Å². The molecule has 0 amide bonds. The highest BCUT2D eigenvalue weighted by Crippen LogP contribution is 2.24. The monoisotopic (exact) mass is 279 g/mol. The Balaban J connectivity index is 2.18. The van der Waals surface area contributed by atoms with E-state index in [0.29, 0.717) is 0 Å². The summed E-state index contributed by atoms with van der Waals surface area (Å²) in [6, 6.07) is 0.260. The van der Waals surface area contributed by atoms with Gasteiger partial charge in [0.1, 0.15) is 5.82 Å². The molecule has 0 saturated carbocycles. The Hall–Kier alpha value is -1.27. The van der Waals surface area contributed by atoms with Gasteiger partial charge in [0, 0.05) is 25.9 Å². The van der Waals surface area contributed by atoms with Crippen molar-refractivity contribution in [2.75, 3.05) is 6.54 Å². The summed E-state index contributed by atoms with van der Waals surface area (Å²) in [6.07, 6.45) is 6.75. The predicted octanol–water partition coefficient (Wildman–Crippen LogP) is 2.12. The molecule has 19 heavy (non-hydrogen) atoms. The van der Waals surface area contributed by atoms with Gasteiger partial charge in [0.15, 0.2) is 0 Å². The van der Waals surface area contributed by atoms with Crippen LogP contribution >= 0.6 is 11.5 Å². The smallest absolute Gasteiger partial charge is 0.110 e. The number of aryl methyl sites for hydroxylation is 2. The number of nitrogens with zero attached hydrogens (tertiary/aromatic N) is 4. The first kappa shape index (κ1) is 14.1. The molecule has 0 aromatic carbocycles. The van der Waals surface area contributed by atoms with E-state index in [2.05, 4.69) is 38.3 Å². The highest BCUT2D eigenvalue weighted by atomic mass is 32.1. The van der Waals surface area contributed by atoms with Gasteiger partial charge in [0.05, 0.1) is 16.6 Å². The third kappa shape index (κ3) is 3.39. The molecule has 6 heteroatoms. The molecule has 1 unspecified atom stereocenters. The summed E-state index contributed by atoms with van der Waals surface area (Å²) in [5.41, 5.74) is 1.10. The number of imidazole rings is 1. The summed E-state index contributed by atoms with van der Waals surface area (Å²) in [5, 5.41) is 7.81. The molecule has 0 aliphatic heterocycles. The molecule has 0 bridgehead atoms. The van der Waals surface area contributed by atoms with Crippen LogP contribution in [0.1, 0.15) is 42.7 Å². The normalized spacial score (nSPS) is 12.8. The lowest BCUT2D eigenvalue weighted by molar-refractivity contribution is 0.515. The number of hydrogen-bond donors (Lipinski definition) is 1. The maximum Gasteiger partial charge on any atom is 0.110 e. The summed E-state index contributed by atoms with van der Waals surface area (Å²) in [6.45, 7) is 5.30. The first-order valence-corrected chi connectivity index (χ1v) is 7.54. The van der Waals surface area contributed by atoms with Crippen LogP contribution in [0.3, 0.4) is 0 Å². The molecule has 0 fully saturated rings. The number of hydrogen-bond acceptors (Lipinski definition) is 5. The summed E-state index contributed by atoms with van der Waals surface area (Å²) in [5.74, 6) is 1.09. The van der Waals surface area contributed by atoms with Crippen molar-refractivity contribution in [3.8, 4) is 0 Å². The van der Waals surface area contributed by atoms with Crippen molar-refractivity contribution in [2.45, 2.75) is 39.2 Å². The van der Waals surface area contributed by atoms with Gasteiger partial charge in [0.25, 0.3) is 0 Å². The quantitative estimate of drug-likeness (QED) is 0.843. The van der Waals surface area contributed by atoms with E-state index in [0.717, 1.165) is 37.3 Å². The van der Waals surface area contributed by atoms with Crippen molar-refractivity contribution in [3.63, 3.8) is 0 Å². The van der Waals surface area contributed by atoms with Gasteiger partial charge in [-0.05, 0) is 30.9 Å². The Bertz CT molecular complexity index is 505. The molecule has 104 valence electrons. The van der Waals surface area contributed by atoms with Gasteiger partial charge in [0.2, 0.25) is 0 Å². The minimum Gasteiger partial charge on any atom is -0.338 e. The van der Waals surface area contributed by atoms with E-state index in [1.165, 1.54) is 16.4 Å². The third-order valence-electron chi connectivity index (χ3n) is 3.18. The average molecular weight is 279 g/mol. The molecule has 0 aliphatic rings. The molecule has 2 aromatic rings. The van der Waals surface area contributed by atoms with Crippen LogP contribution in [0.4, 0.5) is 0 Å². The fraction of sp³-hybridized carbons (Fsp3) is 0.615. The highest BCUT2D eigenvalue weighted by molar-refractivity contribution is 7.05. The van der Waals surface area contributed by atoms with Crippen molar-refractivity contribution in [2.24, 2.45) is 7.05 Å². The Kier molecular flexibility index (Phi) is 5.04. The maximum atomic E-state index is 4.42. The Morgan fingerprint density at radius 3 is 2.89 bits per heavy atom. The minimum atomic E-state index is 0.260. The van der Waals surface area contributed by atoms with Crippen LogP contribution in [-0.4, -0.2) is 25.7 Å². The lowest BCUT2D eigenvalue weighted by Crippen LogP contribution is -2.25. The zero-order chi connectivity index (χ0) is 13.7. The number of rotatable bonds is 7. The molecule has 5 nitrogen and oxygen atoms in total. The van der Waals surface area contributed by atoms with Crippen molar-refractivity contribution >= 4 is 11.5 Å². The minimum absolute atomic E-state index is 0.260. The number of nitrogens with one attached hydrogen (secondary N) is 1. The second-order valence-corrected chi connectivity index (χ2v) is 5.39. The van der Waals surface area contributed by atoms with Crippen molar-refractivity contribution in [1.82, 2.24) is 24.5 Å². The van der Waals surface area contributed by atoms with Gasteiger partial charge < -0.3 is 9.88 Å². The standard InChI is InChI=1S/C13H21N5S/c1-4-6-14-11(9-12-15-7-8-18(12)3)13-10(5-2)16-17-19-13/h7-8,11,14H,4-6,9H2,1-3H3. The van der Waals surface area contributed by atoms with Crippen LogP contribution < -0.4 is 5.32 Å². The Morgan fingerprint density at radius 1 is 1.42 bits per heavy atom. The van der Waals surface area contributed by atoms with E-state index in [-0.39, 0.29) is 6.04 Å². The second kappa shape index (κ2) is 6.77. The van der Waals surface area contributed by atoms with Crippen molar-refractivity contribution in [1.29, 1.82) is 0 Å². The molecule has 1 atom stereocenters. The van der Waals surface area contributed by atoms with Gasteiger partial charge in [-0.15, -0.1) is 5.10 Å². The predicted molar refractivity (Wildman–Crippen MR) is 77.2 cm³/mol. The van der Waals surface area contributed by atoms with E-state index in [9.17, 15) is 0 Å². The summed E-state index contributed by atoms with van der Waals surface area (Å²) in [7, 11) is 2.03. The fourth-order valence-corrected chi connectivity index (χ4v) is 2.89. The lowest BCUT2D eigenvalue weighted by atomic mass is 10.1. The number of aromatic nitrogens is 4. The maximum absolute atomic E-state index is 4.42. The molecule has 2 heterocycles. The Morgan fingerprint density at radius 2 is 2.26 bits per heavy atom. The first-order chi connectivity index (χ1) is 9.26. The van der Waals surface area contributed by atoms with Crippen LogP contribution in [0.25, 0.3) is 0 Å². The summed E-state index contributed by atoms with van der Waals surface area (Å²) < 4.78 is 6.17. The van der Waals surface area contributed by atoms with Crippen molar-refractivity contribution in [3.05, 3.63) is 28.8 Å². The molecule has 0 saturated heterocycles. The van der Waals surface area contributed by atoms with E-state index in [4.69, 9.17) is 0 Å². The molecule has 1 N–H and O–H groups in total. The van der Waals surface area contributed by atoms with E-state index < -0.39 is 0 Å². The lowest BCUT2D eigenvalue weighted by Gasteiger charge is -2.17. The molecular formula is C13H21N5S. The second-order valence-electron chi connectivity index (χ2n) is 4.60. The van der Waals surface area contributed by atoms with E-state index >= 15 is 0 Å². The molecule has 0 radical (unpaired) electrons. The highest BCUT2D eigenvalue weighted by Gasteiger charge is 2.20. The molecule has 2 rings (SSSR count). The third-order valence-corrected chi connectivity index (χ3v) is 4.07. The topological polar surface area (TPSA) is 55.6 Å². The van der Waals surface area contributed by atoms with E-state index in [1.807, 2.05) is 19.4 Å².